The summed E-state index contributed by atoms with van der Waals surface area (Å²) in [5.41, 5.74) is 6.65. The van der Waals surface area contributed by atoms with Gasteiger partial charge in [0.05, 0.1) is 0 Å². The minimum Gasteiger partial charge on any atom is -0.483 e. The second kappa shape index (κ2) is 5.59. The van der Waals surface area contributed by atoms with Crippen molar-refractivity contribution in [3.8, 4) is 5.75 Å². The van der Waals surface area contributed by atoms with Gasteiger partial charge in [-0.2, -0.15) is 0 Å². The summed E-state index contributed by atoms with van der Waals surface area (Å²) in [5, 5.41) is 3.47. The van der Waals surface area contributed by atoms with Crippen molar-refractivity contribution in [2.24, 2.45) is 5.73 Å². The van der Waals surface area contributed by atoms with Gasteiger partial charge in [-0.1, -0.05) is 11.6 Å². The lowest BCUT2D eigenvalue weighted by Crippen LogP contribution is -2.30. The van der Waals surface area contributed by atoms with Gasteiger partial charge in [0.25, 0.3) is 5.91 Å². The number of nitrogens with two attached hydrogens (primary N) is 1. The van der Waals surface area contributed by atoms with Gasteiger partial charge >= 0.3 is 0 Å². The number of hydrogen-bond donors (Lipinski definition) is 2. The van der Waals surface area contributed by atoms with Crippen molar-refractivity contribution in [2.75, 3.05) is 6.61 Å². The fourth-order valence-electron chi connectivity index (χ4n) is 1.65. The van der Waals surface area contributed by atoms with E-state index in [1.165, 1.54) is 0 Å². The summed E-state index contributed by atoms with van der Waals surface area (Å²) in [6.07, 6.45) is 2.13. The molecule has 1 aromatic carbocycles. The smallest absolute Gasteiger partial charge is 0.258 e. The molecule has 0 aromatic heterocycles. The molecule has 1 aliphatic carbocycles. The van der Waals surface area contributed by atoms with Crippen molar-refractivity contribution in [3.05, 3.63) is 28.8 Å². The second-order valence-electron chi connectivity index (χ2n) is 4.60. The van der Waals surface area contributed by atoms with Crippen molar-refractivity contribution >= 4 is 17.5 Å². The van der Waals surface area contributed by atoms with Gasteiger partial charge in [0.15, 0.2) is 6.61 Å². The van der Waals surface area contributed by atoms with E-state index in [0.717, 1.165) is 18.4 Å². The number of nitrogens with one attached hydrogen (secondary N) is 1. The van der Waals surface area contributed by atoms with Crippen LogP contribution in [-0.4, -0.2) is 18.6 Å². The molecule has 1 aromatic rings. The molecule has 5 heteroatoms. The van der Waals surface area contributed by atoms with E-state index in [4.69, 9.17) is 22.1 Å². The van der Waals surface area contributed by atoms with Crippen LogP contribution in [0.3, 0.4) is 0 Å². The maximum Gasteiger partial charge on any atom is 0.258 e. The van der Waals surface area contributed by atoms with Crippen LogP contribution in [0.2, 0.25) is 5.02 Å². The summed E-state index contributed by atoms with van der Waals surface area (Å²) in [5.74, 6) is 0.517. The maximum absolute atomic E-state index is 11.5. The molecule has 0 radical (unpaired) electrons. The van der Waals surface area contributed by atoms with E-state index >= 15 is 0 Å². The molecule has 3 N–H and O–H groups in total. The highest BCUT2D eigenvalue weighted by molar-refractivity contribution is 6.30. The first kappa shape index (κ1) is 13.2. The number of carbonyl (C=O) groups is 1. The summed E-state index contributed by atoms with van der Waals surface area (Å²) in [6.45, 7) is 1.86. The number of benzene rings is 1. The molecule has 0 aliphatic heterocycles. The minimum atomic E-state index is -0.190. The van der Waals surface area contributed by atoms with Crippen LogP contribution in [0, 0.1) is 0 Å². The Morgan fingerprint density at radius 3 is 2.94 bits per heavy atom. The molecule has 0 saturated heterocycles. The first-order valence-electron chi connectivity index (χ1n) is 6.03. The number of hydrogen-bond acceptors (Lipinski definition) is 3. The third kappa shape index (κ3) is 3.62. The van der Waals surface area contributed by atoms with Gasteiger partial charge in [0, 0.05) is 22.7 Å². The normalized spacial score (nSPS) is 16.2. The number of rotatable bonds is 5. The number of ether oxygens (including phenoxy) is 1. The maximum atomic E-state index is 11.5. The first-order valence-corrected chi connectivity index (χ1v) is 6.41. The van der Waals surface area contributed by atoms with Crippen LogP contribution in [0.1, 0.15) is 31.4 Å². The zero-order valence-electron chi connectivity index (χ0n) is 10.3. The van der Waals surface area contributed by atoms with E-state index in [0.29, 0.717) is 16.8 Å². The molecule has 4 nitrogen and oxygen atoms in total. The topological polar surface area (TPSA) is 64.3 Å². The van der Waals surface area contributed by atoms with Gasteiger partial charge in [0.1, 0.15) is 5.75 Å². The highest BCUT2D eigenvalue weighted by Gasteiger charge is 2.23. The summed E-state index contributed by atoms with van der Waals surface area (Å²) in [6, 6.07) is 5.39. The quantitative estimate of drug-likeness (QED) is 0.859. The SMILES string of the molecule is C[C@H](N)c1cc(Cl)ccc1OCC(=O)NC1CC1. The van der Waals surface area contributed by atoms with Gasteiger partial charge in [-0.25, -0.2) is 0 Å². The fraction of sp³-hybridized carbons (Fsp3) is 0.462. The Bertz CT molecular complexity index is 445. The van der Waals surface area contributed by atoms with Crippen molar-refractivity contribution in [3.63, 3.8) is 0 Å². The van der Waals surface area contributed by atoms with E-state index < -0.39 is 0 Å². The van der Waals surface area contributed by atoms with Crippen LogP contribution in [0.5, 0.6) is 5.75 Å². The molecule has 2 rings (SSSR count). The monoisotopic (exact) mass is 268 g/mol. The lowest BCUT2D eigenvalue weighted by atomic mass is 10.1. The van der Waals surface area contributed by atoms with Gasteiger partial charge in [0.2, 0.25) is 0 Å². The highest BCUT2D eigenvalue weighted by atomic mass is 35.5. The molecule has 0 unspecified atom stereocenters. The summed E-state index contributed by atoms with van der Waals surface area (Å²) in [4.78, 5) is 11.5. The lowest BCUT2D eigenvalue weighted by Gasteiger charge is -2.14. The summed E-state index contributed by atoms with van der Waals surface area (Å²) in [7, 11) is 0. The van der Waals surface area contributed by atoms with E-state index in [1.54, 1.807) is 18.2 Å². The molecule has 1 atom stereocenters. The predicted molar refractivity (Wildman–Crippen MR) is 70.7 cm³/mol. The van der Waals surface area contributed by atoms with E-state index in [2.05, 4.69) is 5.32 Å². The summed E-state index contributed by atoms with van der Waals surface area (Å²) < 4.78 is 5.49. The lowest BCUT2D eigenvalue weighted by molar-refractivity contribution is -0.123. The predicted octanol–water partition coefficient (Wildman–Crippen LogP) is 2.02. The fourth-order valence-corrected chi connectivity index (χ4v) is 1.83. The number of carbonyl (C=O) groups excluding carboxylic acids is 1. The summed E-state index contributed by atoms with van der Waals surface area (Å²) >= 11 is 5.91. The van der Waals surface area contributed by atoms with Crippen LogP contribution in [0.25, 0.3) is 0 Å². The largest absolute Gasteiger partial charge is 0.483 e. The average Bonchev–Trinajstić information content (AvgIpc) is 3.11. The number of amides is 1. The third-order valence-electron chi connectivity index (χ3n) is 2.76. The van der Waals surface area contributed by atoms with Crippen LogP contribution < -0.4 is 15.8 Å². The van der Waals surface area contributed by atoms with Gasteiger partial charge in [-0.3, -0.25) is 4.79 Å². The van der Waals surface area contributed by atoms with Gasteiger partial charge in [-0.15, -0.1) is 0 Å². The Balaban J connectivity index is 1.96. The molecule has 98 valence electrons. The molecule has 0 spiro atoms. The number of halogens is 1. The molecule has 0 heterocycles. The average molecular weight is 269 g/mol. The Kier molecular flexibility index (Phi) is 4.09. The Hall–Kier alpha value is -1.26. The Morgan fingerprint density at radius 2 is 2.33 bits per heavy atom. The zero-order chi connectivity index (χ0) is 13.1. The second-order valence-corrected chi connectivity index (χ2v) is 5.04. The first-order chi connectivity index (χ1) is 8.56. The Labute approximate surface area is 111 Å². The molecule has 18 heavy (non-hydrogen) atoms. The van der Waals surface area contributed by atoms with Gasteiger partial charge in [-0.05, 0) is 38.0 Å². The standard InChI is InChI=1S/C13H17ClN2O2/c1-8(15)11-6-9(14)2-5-12(11)18-7-13(17)16-10-3-4-10/h2,5-6,8,10H,3-4,7,15H2,1H3,(H,16,17)/t8-/m0/s1. The molecular weight excluding hydrogens is 252 g/mol. The van der Waals surface area contributed by atoms with E-state index in [9.17, 15) is 4.79 Å². The molecule has 1 amide bonds. The third-order valence-corrected chi connectivity index (χ3v) is 3.00. The van der Waals surface area contributed by atoms with Gasteiger partial charge < -0.3 is 15.8 Å². The van der Waals surface area contributed by atoms with Crippen LogP contribution in [0.15, 0.2) is 18.2 Å². The highest BCUT2D eigenvalue weighted by Crippen LogP contribution is 2.27. The van der Waals surface area contributed by atoms with Crippen molar-refractivity contribution in [2.45, 2.75) is 31.8 Å². The van der Waals surface area contributed by atoms with E-state index in [-0.39, 0.29) is 18.6 Å². The minimum absolute atomic E-state index is 0.0118. The molecule has 1 fully saturated rings. The van der Waals surface area contributed by atoms with Crippen LogP contribution in [0.4, 0.5) is 0 Å². The van der Waals surface area contributed by atoms with Crippen molar-refractivity contribution in [1.82, 2.24) is 5.32 Å². The molecule has 1 aliphatic rings. The van der Waals surface area contributed by atoms with Crippen molar-refractivity contribution < 1.29 is 9.53 Å². The Morgan fingerprint density at radius 1 is 1.61 bits per heavy atom. The van der Waals surface area contributed by atoms with Crippen LogP contribution in [-0.2, 0) is 4.79 Å². The molecule has 0 bridgehead atoms. The van der Waals surface area contributed by atoms with Crippen LogP contribution >= 0.6 is 11.6 Å². The van der Waals surface area contributed by atoms with E-state index in [1.807, 2.05) is 6.92 Å². The zero-order valence-corrected chi connectivity index (χ0v) is 11.0. The molecule has 1 saturated carbocycles. The van der Waals surface area contributed by atoms with Crippen molar-refractivity contribution in [1.29, 1.82) is 0 Å². The molecular formula is C13H17ClN2O2.